The Labute approximate surface area is 169 Å². The molecule has 1 aliphatic rings. The lowest BCUT2D eigenvalue weighted by Crippen LogP contribution is -2.58. The van der Waals surface area contributed by atoms with Crippen LogP contribution in [0.15, 0.2) is 35.3 Å². The van der Waals surface area contributed by atoms with Gasteiger partial charge >= 0.3 is 6.09 Å². The summed E-state index contributed by atoms with van der Waals surface area (Å²) in [6.07, 6.45) is 0.905. The van der Waals surface area contributed by atoms with E-state index in [1.165, 1.54) is 4.90 Å². The number of benzene rings is 1. The molecule has 2 amide bonds. The highest BCUT2D eigenvalue weighted by atomic mass is 16.6. The second kappa shape index (κ2) is 8.89. The normalized spacial score (nSPS) is 20.5. The van der Waals surface area contributed by atoms with E-state index in [-0.39, 0.29) is 11.8 Å². The molecule has 0 N–H and O–H groups in total. The lowest BCUT2D eigenvalue weighted by Gasteiger charge is -2.40. The zero-order valence-corrected chi connectivity index (χ0v) is 18.2. The second-order valence-electron chi connectivity index (χ2n) is 9.24. The third-order valence-corrected chi connectivity index (χ3v) is 4.68. The number of hydrogen-bond acceptors (Lipinski definition) is 4. The van der Waals surface area contributed by atoms with Crippen LogP contribution in [0, 0.1) is 11.8 Å². The molecule has 1 heterocycles. The highest BCUT2D eigenvalue weighted by molar-refractivity contribution is 6.13. The van der Waals surface area contributed by atoms with E-state index in [0.717, 1.165) is 17.7 Å². The van der Waals surface area contributed by atoms with Crippen molar-refractivity contribution in [3.05, 3.63) is 35.9 Å². The van der Waals surface area contributed by atoms with Gasteiger partial charge < -0.3 is 4.74 Å². The van der Waals surface area contributed by atoms with Gasteiger partial charge in [0.15, 0.2) is 0 Å². The molecule has 0 saturated heterocycles. The molecule has 2 rings (SSSR count). The van der Waals surface area contributed by atoms with Gasteiger partial charge in [-0.25, -0.2) is 9.69 Å². The highest BCUT2D eigenvalue weighted by Gasteiger charge is 2.44. The number of amides is 2. The van der Waals surface area contributed by atoms with Gasteiger partial charge in [-0.2, -0.15) is 0 Å². The van der Waals surface area contributed by atoms with E-state index < -0.39 is 23.8 Å². The van der Waals surface area contributed by atoms with E-state index in [1.54, 1.807) is 0 Å². The number of nitrogens with zero attached hydrogens (tertiary/aromatic N) is 2. The molecular formula is C23H34N2O3. The molecule has 0 aliphatic carbocycles. The van der Waals surface area contributed by atoms with E-state index in [0.29, 0.717) is 12.3 Å². The fraction of sp³-hybridized carbons (Fsp3) is 0.609. The van der Waals surface area contributed by atoms with E-state index >= 15 is 0 Å². The largest absolute Gasteiger partial charge is 0.443 e. The topological polar surface area (TPSA) is 59.0 Å². The SMILES string of the molecule is CC(C)CCC1N=C(c2ccccc2)[C@H](C(C)C)N(C(=O)OC(C)(C)C)C1=O. The molecule has 5 nitrogen and oxygen atoms in total. The Kier molecular flexibility index (Phi) is 7.02. The van der Waals surface area contributed by atoms with Crippen molar-refractivity contribution < 1.29 is 14.3 Å². The van der Waals surface area contributed by atoms with Crippen molar-refractivity contribution in [3.8, 4) is 0 Å². The Morgan fingerprint density at radius 3 is 2.25 bits per heavy atom. The van der Waals surface area contributed by atoms with Crippen LogP contribution in [-0.2, 0) is 9.53 Å². The Bertz CT molecular complexity index is 717. The van der Waals surface area contributed by atoms with E-state index in [1.807, 2.05) is 65.0 Å². The number of imide groups is 1. The van der Waals surface area contributed by atoms with Crippen molar-refractivity contribution in [1.29, 1.82) is 0 Å². The van der Waals surface area contributed by atoms with Crippen LogP contribution in [0.4, 0.5) is 4.79 Å². The number of carbonyl (C=O) groups excluding carboxylic acids is 2. The molecule has 1 aliphatic heterocycles. The second-order valence-corrected chi connectivity index (χ2v) is 9.24. The molecule has 154 valence electrons. The van der Waals surface area contributed by atoms with Crippen LogP contribution in [0.5, 0.6) is 0 Å². The minimum atomic E-state index is -0.673. The maximum atomic E-state index is 13.3. The van der Waals surface area contributed by atoms with Crippen molar-refractivity contribution in [2.75, 3.05) is 0 Å². The van der Waals surface area contributed by atoms with E-state index in [2.05, 4.69) is 13.8 Å². The summed E-state index contributed by atoms with van der Waals surface area (Å²) in [5.41, 5.74) is 1.06. The first kappa shape index (κ1) is 22.1. The standard InChI is InChI=1S/C23H34N2O3/c1-15(2)13-14-18-21(26)25(22(27)28-23(5,6)7)20(16(3)4)19(24-18)17-11-9-8-10-12-17/h8-12,15-16,18,20H,13-14H2,1-7H3/t18?,20-/m0/s1. The first-order valence-electron chi connectivity index (χ1n) is 10.2. The van der Waals surface area contributed by atoms with Crippen LogP contribution < -0.4 is 0 Å². The maximum Gasteiger partial charge on any atom is 0.417 e. The predicted octanol–water partition coefficient (Wildman–Crippen LogP) is 5.08. The summed E-state index contributed by atoms with van der Waals surface area (Å²) in [7, 11) is 0. The van der Waals surface area contributed by atoms with Gasteiger partial charge in [0.05, 0.1) is 11.8 Å². The predicted molar refractivity (Wildman–Crippen MR) is 113 cm³/mol. The Hall–Kier alpha value is -2.17. The van der Waals surface area contributed by atoms with Crippen LogP contribution in [0.3, 0.4) is 0 Å². The number of hydrogen-bond donors (Lipinski definition) is 0. The molecular weight excluding hydrogens is 352 g/mol. The average molecular weight is 387 g/mol. The van der Waals surface area contributed by atoms with Gasteiger partial charge in [-0.05, 0) is 51.0 Å². The highest BCUT2D eigenvalue weighted by Crippen LogP contribution is 2.28. The van der Waals surface area contributed by atoms with Crippen molar-refractivity contribution in [2.24, 2.45) is 16.8 Å². The van der Waals surface area contributed by atoms with Gasteiger partial charge in [-0.1, -0.05) is 58.0 Å². The molecule has 1 aromatic carbocycles. The Morgan fingerprint density at radius 2 is 1.75 bits per heavy atom. The molecule has 0 aromatic heterocycles. The van der Waals surface area contributed by atoms with Crippen LogP contribution >= 0.6 is 0 Å². The van der Waals surface area contributed by atoms with Crippen LogP contribution in [0.1, 0.15) is 66.9 Å². The third kappa shape index (κ3) is 5.43. The molecule has 1 aromatic rings. The first-order chi connectivity index (χ1) is 13.0. The summed E-state index contributed by atoms with van der Waals surface area (Å²) >= 11 is 0. The van der Waals surface area contributed by atoms with Crippen LogP contribution in [-0.4, -0.2) is 40.3 Å². The average Bonchev–Trinajstić information content (AvgIpc) is 2.59. The lowest BCUT2D eigenvalue weighted by molar-refractivity contribution is -0.134. The monoisotopic (exact) mass is 386 g/mol. The number of aliphatic imine (C=N–C) groups is 1. The third-order valence-electron chi connectivity index (χ3n) is 4.68. The molecule has 0 bridgehead atoms. The molecule has 2 atom stereocenters. The van der Waals surface area contributed by atoms with E-state index in [9.17, 15) is 9.59 Å². The fourth-order valence-electron chi connectivity index (χ4n) is 3.38. The fourth-order valence-corrected chi connectivity index (χ4v) is 3.38. The zero-order valence-electron chi connectivity index (χ0n) is 18.2. The van der Waals surface area contributed by atoms with Gasteiger partial charge in [0.1, 0.15) is 11.6 Å². The van der Waals surface area contributed by atoms with Gasteiger partial charge in [0.25, 0.3) is 5.91 Å². The molecule has 1 unspecified atom stereocenters. The Morgan fingerprint density at radius 1 is 1.14 bits per heavy atom. The number of rotatable bonds is 5. The van der Waals surface area contributed by atoms with Gasteiger partial charge in [-0.3, -0.25) is 9.79 Å². The maximum absolute atomic E-state index is 13.3. The number of ether oxygens (including phenoxy) is 1. The first-order valence-corrected chi connectivity index (χ1v) is 10.2. The molecule has 0 radical (unpaired) electrons. The molecule has 5 heteroatoms. The molecule has 28 heavy (non-hydrogen) atoms. The van der Waals surface area contributed by atoms with Crippen molar-refractivity contribution in [2.45, 2.75) is 79.0 Å². The summed E-state index contributed by atoms with van der Waals surface area (Å²) in [4.78, 5) is 32.5. The summed E-state index contributed by atoms with van der Waals surface area (Å²) in [6, 6.07) is 8.82. The van der Waals surface area contributed by atoms with Crippen molar-refractivity contribution in [1.82, 2.24) is 4.90 Å². The minimum absolute atomic E-state index is 0.0153. The van der Waals surface area contributed by atoms with Crippen molar-refractivity contribution >= 4 is 17.7 Å². The summed E-state index contributed by atoms with van der Waals surface area (Å²) in [6.45, 7) is 13.7. The van der Waals surface area contributed by atoms with Crippen LogP contribution in [0.2, 0.25) is 0 Å². The zero-order chi connectivity index (χ0) is 21.1. The van der Waals surface area contributed by atoms with Crippen LogP contribution in [0.25, 0.3) is 0 Å². The van der Waals surface area contributed by atoms with Gasteiger partial charge in [0.2, 0.25) is 0 Å². The lowest BCUT2D eigenvalue weighted by atomic mass is 9.89. The summed E-state index contributed by atoms with van der Waals surface area (Å²) in [5.74, 6) is 0.218. The molecule has 0 spiro atoms. The van der Waals surface area contributed by atoms with Crippen molar-refractivity contribution in [3.63, 3.8) is 0 Å². The Balaban J connectivity index is 2.51. The smallest absolute Gasteiger partial charge is 0.417 e. The van der Waals surface area contributed by atoms with Gasteiger partial charge in [0, 0.05) is 0 Å². The molecule has 0 fully saturated rings. The summed E-state index contributed by atoms with van der Waals surface area (Å²) in [5, 5.41) is 0. The quantitative estimate of drug-likeness (QED) is 0.709. The van der Waals surface area contributed by atoms with Gasteiger partial charge in [-0.15, -0.1) is 0 Å². The van der Waals surface area contributed by atoms with E-state index in [4.69, 9.17) is 9.73 Å². The molecule has 0 saturated carbocycles. The number of carbonyl (C=O) groups is 2. The minimum Gasteiger partial charge on any atom is -0.443 e. The summed E-state index contributed by atoms with van der Waals surface area (Å²) < 4.78 is 5.60.